The lowest BCUT2D eigenvalue weighted by Gasteiger charge is -2.29. The molecule has 7 nitrogen and oxygen atoms in total. The van der Waals surface area contributed by atoms with Gasteiger partial charge in [-0.1, -0.05) is 55.0 Å². The summed E-state index contributed by atoms with van der Waals surface area (Å²) in [6.45, 7) is 3.27. The molecule has 8 heteroatoms. The van der Waals surface area contributed by atoms with Gasteiger partial charge >= 0.3 is 5.97 Å². The Labute approximate surface area is 236 Å². The van der Waals surface area contributed by atoms with Crippen LogP contribution >= 0.6 is 0 Å². The molecule has 2 aliphatic rings. The first-order valence-electron chi connectivity index (χ1n) is 14.3. The van der Waals surface area contributed by atoms with E-state index in [0.717, 1.165) is 55.2 Å². The molecule has 0 bridgehead atoms. The van der Waals surface area contributed by atoms with Crippen LogP contribution in [-0.4, -0.2) is 50.6 Å². The van der Waals surface area contributed by atoms with Crippen molar-refractivity contribution in [1.29, 1.82) is 0 Å². The number of esters is 1. The van der Waals surface area contributed by atoms with Crippen LogP contribution in [0.5, 0.6) is 0 Å². The molecule has 1 heterocycles. The molecule has 2 unspecified atom stereocenters. The van der Waals surface area contributed by atoms with Gasteiger partial charge in [-0.25, -0.2) is 8.42 Å². The normalized spacial score (nSPS) is 18.6. The summed E-state index contributed by atoms with van der Waals surface area (Å²) >= 11 is 0. The van der Waals surface area contributed by atoms with Gasteiger partial charge in [-0.2, -0.15) is 0 Å². The number of fused-ring (bicyclic) bond motifs is 2. The average molecular weight is 563 g/mol. The number of nitrogens with one attached hydrogen (secondary N) is 1. The topological polar surface area (TPSA) is 92.8 Å². The van der Waals surface area contributed by atoms with E-state index in [0.29, 0.717) is 0 Å². The Hall–Kier alpha value is -3.23. The summed E-state index contributed by atoms with van der Waals surface area (Å²) in [5.41, 5.74) is 3.72. The minimum atomic E-state index is -4.06. The monoisotopic (exact) mass is 562 g/mol. The van der Waals surface area contributed by atoms with E-state index in [2.05, 4.69) is 28.4 Å². The fourth-order valence-corrected chi connectivity index (χ4v) is 7.72. The first-order chi connectivity index (χ1) is 19.3. The summed E-state index contributed by atoms with van der Waals surface area (Å²) in [6, 6.07) is 18.7. The molecule has 0 spiro atoms. The van der Waals surface area contributed by atoms with Crippen LogP contribution in [0.2, 0.25) is 0 Å². The third-order valence-electron chi connectivity index (χ3n) is 8.23. The summed E-state index contributed by atoms with van der Waals surface area (Å²) in [7, 11) is -2.89. The Morgan fingerprint density at radius 1 is 0.975 bits per heavy atom. The van der Waals surface area contributed by atoms with Crippen molar-refractivity contribution in [2.75, 3.05) is 20.2 Å². The molecule has 1 aliphatic heterocycles. The molecule has 40 heavy (non-hydrogen) atoms. The zero-order chi connectivity index (χ0) is 28.1. The molecule has 0 radical (unpaired) electrons. The number of rotatable bonds is 9. The predicted molar refractivity (Wildman–Crippen MR) is 156 cm³/mol. The van der Waals surface area contributed by atoms with E-state index in [4.69, 9.17) is 4.74 Å². The van der Waals surface area contributed by atoms with Crippen LogP contribution in [0.1, 0.15) is 67.7 Å². The molecule has 3 aromatic rings. The largest absolute Gasteiger partial charge is 0.468 e. The van der Waals surface area contributed by atoms with Crippen LogP contribution < -0.4 is 5.32 Å². The van der Waals surface area contributed by atoms with Crippen molar-refractivity contribution < 1.29 is 22.7 Å². The Morgan fingerprint density at radius 2 is 1.75 bits per heavy atom. The number of benzene rings is 3. The highest BCUT2D eigenvalue weighted by atomic mass is 32.2. The lowest BCUT2D eigenvalue weighted by molar-refractivity contribution is -0.140. The first-order valence-corrected chi connectivity index (χ1v) is 15.8. The van der Waals surface area contributed by atoms with Crippen LogP contribution in [0, 0.1) is 0 Å². The van der Waals surface area contributed by atoms with Gasteiger partial charge in [0.25, 0.3) is 0 Å². The van der Waals surface area contributed by atoms with Crippen molar-refractivity contribution in [2.24, 2.45) is 0 Å². The number of amides is 1. The second-order valence-electron chi connectivity index (χ2n) is 11.0. The number of carbonyl (C=O) groups excluding carboxylic acids is 2. The van der Waals surface area contributed by atoms with Crippen LogP contribution in [0.4, 0.5) is 0 Å². The second kappa shape index (κ2) is 12.5. The fourth-order valence-electron chi connectivity index (χ4n) is 6.06. The molecular weight excluding hydrogens is 524 g/mol. The van der Waals surface area contributed by atoms with Crippen molar-refractivity contribution in [3.05, 3.63) is 77.4 Å². The van der Waals surface area contributed by atoms with Gasteiger partial charge in [0.15, 0.2) is 15.1 Å². The Morgan fingerprint density at radius 3 is 2.52 bits per heavy atom. The Kier molecular flexibility index (Phi) is 8.86. The van der Waals surface area contributed by atoms with Gasteiger partial charge in [-0.3, -0.25) is 14.5 Å². The first kappa shape index (κ1) is 28.3. The number of ether oxygens (including phenoxy) is 1. The van der Waals surface area contributed by atoms with E-state index in [1.807, 2.05) is 24.3 Å². The molecule has 5 rings (SSSR count). The molecule has 2 atom stereocenters. The second-order valence-corrected chi connectivity index (χ2v) is 13.1. The lowest BCUT2D eigenvalue weighted by atomic mass is 9.86. The van der Waals surface area contributed by atoms with E-state index >= 15 is 0 Å². The van der Waals surface area contributed by atoms with Crippen molar-refractivity contribution in [3.63, 3.8) is 0 Å². The Bertz CT molecular complexity index is 1480. The Balaban J connectivity index is 1.25. The summed E-state index contributed by atoms with van der Waals surface area (Å²) in [4.78, 5) is 28.2. The minimum absolute atomic E-state index is 0.0450. The molecule has 3 aromatic carbocycles. The van der Waals surface area contributed by atoms with E-state index in [1.165, 1.54) is 43.6 Å². The van der Waals surface area contributed by atoms with Crippen molar-refractivity contribution in [3.8, 4) is 0 Å². The van der Waals surface area contributed by atoms with Gasteiger partial charge in [0, 0.05) is 13.0 Å². The van der Waals surface area contributed by atoms with E-state index in [1.54, 1.807) is 12.1 Å². The zero-order valence-corrected chi connectivity index (χ0v) is 23.9. The van der Waals surface area contributed by atoms with Crippen molar-refractivity contribution in [1.82, 2.24) is 10.2 Å². The summed E-state index contributed by atoms with van der Waals surface area (Å²) in [5, 5.41) is 3.32. The zero-order valence-electron chi connectivity index (χ0n) is 23.1. The molecule has 1 amide bonds. The van der Waals surface area contributed by atoms with Gasteiger partial charge in [0.2, 0.25) is 5.91 Å². The third kappa shape index (κ3) is 6.39. The number of carbonyl (C=O) groups is 2. The molecular formula is C32H38N2O5S. The van der Waals surface area contributed by atoms with Crippen molar-refractivity contribution >= 4 is 32.5 Å². The molecule has 1 aliphatic carbocycles. The van der Waals surface area contributed by atoms with Crippen LogP contribution in [0.15, 0.2) is 65.6 Å². The number of hydrogen-bond donors (Lipinski definition) is 1. The number of aryl methyl sites for hydroxylation is 1. The minimum Gasteiger partial charge on any atom is -0.468 e. The van der Waals surface area contributed by atoms with Gasteiger partial charge in [-0.05, 0) is 91.2 Å². The average Bonchev–Trinajstić information content (AvgIpc) is 2.97. The predicted octanol–water partition coefficient (Wildman–Crippen LogP) is 5.12. The van der Waals surface area contributed by atoms with Gasteiger partial charge in [0.05, 0.1) is 18.0 Å². The van der Waals surface area contributed by atoms with Crippen LogP contribution in [0.3, 0.4) is 0 Å². The summed E-state index contributed by atoms with van der Waals surface area (Å²) in [5.74, 6) is -1.12. The van der Waals surface area contributed by atoms with Gasteiger partial charge < -0.3 is 10.1 Å². The summed E-state index contributed by atoms with van der Waals surface area (Å²) < 4.78 is 31.8. The van der Waals surface area contributed by atoms with Gasteiger partial charge in [0.1, 0.15) is 0 Å². The highest BCUT2D eigenvalue weighted by molar-refractivity contribution is 7.92. The fraction of sp³-hybridized carbons (Fsp3) is 0.438. The standard InChI is InChI=1S/C32H38N2O5S/c1-39-32(36)30(40(37,38)27-14-13-24-8-3-4-9-25(24)21-27)16-17-31(35)33-29-11-7-10-26-20-23(12-15-28(26)29)22-34-18-5-2-6-19-34/h3-4,8-9,12-15,20-21,29-30H,2,5-7,10-11,16-19,22H2,1H3,(H,33,35). The van der Waals surface area contributed by atoms with E-state index in [9.17, 15) is 18.0 Å². The third-order valence-corrected chi connectivity index (χ3v) is 10.3. The number of piperidine rings is 1. The number of hydrogen-bond acceptors (Lipinski definition) is 6. The lowest BCUT2D eigenvalue weighted by Crippen LogP contribution is -2.35. The maximum atomic E-state index is 13.5. The molecule has 212 valence electrons. The molecule has 1 saturated heterocycles. The number of nitrogens with zero attached hydrogens (tertiary/aromatic N) is 1. The number of methoxy groups -OCH3 is 1. The SMILES string of the molecule is COC(=O)C(CCC(=O)NC1CCCc2cc(CN3CCCCC3)ccc21)S(=O)(=O)c1ccc2ccccc2c1. The van der Waals surface area contributed by atoms with Crippen LogP contribution in [0.25, 0.3) is 10.8 Å². The highest BCUT2D eigenvalue weighted by Gasteiger charge is 2.35. The molecule has 0 aromatic heterocycles. The maximum absolute atomic E-state index is 13.5. The smallest absolute Gasteiger partial charge is 0.324 e. The number of likely N-dealkylation sites (tertiary alicyclic amines) is 1. The maximum Gasteiger partial charge on any atom is 0.324 e. The molecule has 0 saturated carbocycles. The quantitative estimate of drug-likeness (QED) is 0.364. The summed E-state index contributed by atoms with van der Waals surface area (Å²) in [6.07, 6.45) is 6.40. The van der Waals surface area contributed by atoms with E-state index in [-0.39, 0.29) is 29.7 Å². The molecule has 1 fully saturated rings. The highest BCUT2D eigenvalue weighted by Crippen LogP contribution is 2.31. The molecule has 1 N–H and O–H groups in total. The van der Waals surface area contributed by atoms with E-state index < -0.39 is 21.1 Å². The van der Waals surface area contributed by atoms with Gasteiger partial charge in [-0.15, -0.1) is 0 Å². The van der Waals surface area contributed by atoms with Crippen LogP contribution in [-0.2, 0) is 37.1 Å². The number of sulfone groups is 1. The van der Waals surface area contributed by atoms with Crippen molar-refractivity contribution in [2.45, 2.75) is 74.1 Å².